The average Bonchev–Trinajstić information content (AvgIpc) is 3.12. The molecule has 1 aliphatic rings. The van der Waals surface area contributed by atoms with Crippen LogP contribution in [0, 0.1) is 28.5 Å². The molecular formula is C19H19FN4O4S. The summed E-state index contributed by atoms with van der Waals surface area (Å²) in [5.74, 6) is -0.862. The Labute approximate surface area is 169 Å². The van der Waals surface area contributed by atoms with Crippen LogP contribution in [0.4, 0.5) is 4.39 Å². The molecule has 0 bridgehead atoms. The van der Waals surface area contributed by atoms with Gasteiger partial charge >= 0.3 is 0 Å². The quantitative estimate of drug-likeness (QED) is 0.680. The molecule has 0 aliphatic carbocycles. The lowest BCUT2D eigenvalue weighted by Crippen LogP contribution is -2.43. The van der Waals surface area contributed by atoms with E-state index in [-0.39, 0.29) is 23.6 Å². The Kier molecular flexibility index (Phi) is 7.37. The van der Waals surface area contributed by atoms with Crippen LogP contribution in [0.3, 0.4) is 0 Å². The van der Waals surface area contributed by atoms with Gasteiger partial charge in [0.2, 0.25) is 0 Å². The maximum absolute atomic E-state index is 12.5. The largest absolute Gasteiger partial charge is 0.508 e. The van der Waals surface area contributed by atoms with Crippen molar-refractivity contribution in [2.24, 2.45) is 0 Å². The van der Waals surface area contributed by atoms with E-state index in [4.69, 9.17) is 15.6 Å². The Bertz CT molecular complexity index is 989. The predicted molar refractivity (Wildman–Crippen MR) is 101 cm³/mol. The second-order valence-corrected chi connectivity index (χ2v) is 7.83. The van der Waals surface area contributed by atoms with E-state index in [1.165, 1.54) is 25.3 Å². The van der Waals surface area contributed by atoms with Gasteiger partial charge in [-0.25, -0.2) is 17.9 Å². The summed E-state index contributed by atoms with van der Waals surface area (Å²) in [6, 6.07) is 10.1. The molecule has 0 amide bonds. The lowest BCUT2D eigenvalue weighted by Gasteiger charge is -2.25. The zero-order valence-electron chi connectivity index (χ0n) is 15.5. The first-order valence-corrected chi connectivity index (χ1v) is 9.63. The van der Waals surface area contributed by atoms with Gasteiger partial charge in [-0.05, 0) is 37.6 Å². The molecule has 0 radical (unpaired) electrons. The van der Waals surface area contributed by atoms with Crippen LogP contribution in [0.25, 0.3) is 0 Å². The molecule has 10 heteroatoms. The Hall–Kier alpha value is -2.89. The van der Waals surface area contributed by atoms with Crippen LogP contribution in [0.1, 0.15) is 24.6 Å². The number of hydrogen-bond donors (Lipinski definition) is 3. The van der Waals surface area contributed by atoms with Crippen molar-refractivity contribution in [2.75, 3.05) is 13.1 Å². The Morgan fingerprint density at radius 3 is 2.62 bits per heavy atom. The fourth-order valence-corrected chi connectivity index (χ4v) is 3.95. The SMILES string of the molecule is CC(O)C1(O)CCN(S(=O)c2cccnc2C#N)C1.N#Cc1ccc(O)cc1F. The first-order valence-electron chi connectivity index (χ1n) is 8.53. The van der Waals surface area contributed by atoms with E-state index in [0.717, 1.165) is 6.07 Å². The minimum Gasteiger partial charge on any atom is -0.508 e. The number of halogens is 1. The summed E-state index contributed by atoms with van der Waals surface area (Å²) in [6.45, 7) is 2.02. The zero-order valence-corrected chi connectivity index (χ0v) is 16.3. The van der Waals surface area contributed by atoms with Gasteiger partial charge in [0, 0.05) is 25.4 Å². The number of hydrogen-bond acceptors (Lipinski definition) is 7. The first-order chi connectivity index (χ1) is 13.7. The number of aromatic nitrogens is 1. The van der Waals surface area contributed by atoms with Crippen LogP contribution in [0.15, 0.2) is 41.4 Å². The molecule has 1 aromatic heterocycles. The van der Waals surface area contributed by atoms with E-state index in [0.29, 0.717) is 17.9 Å². The van der Waals surface area contributed by atoms with Crippen molar-refractivity contribution < 1.29 is 23.9 Å². The highest BCUT2D eigenvalue weighted by Crippen LogP contribution is 2.28. The fourth-order valence-electron chi connectivity index (χ4n) is 2.61. The summed E-state index contributed by atoms with van der Waals surface area (Å²) in [4.78, 5) is 4.20. The molecule has 3 atom stereocenters. The molecule has 2 heterocycles. The number of aliphatic hydroxyl groups is 2. The van der Waals surface area contributed by atoms with Gasteiger partial charge in [-0.15, -0.1) is 0 Å². The number of aliphatic hydroxyl groups excluding tert-OH is 1. The first kappa shape index (κ1) is 22.4. The van der Waals surface area contributed by atoms with Gasteiger partial charge in [0.1, 0.15) is 40.3 Å². The summed E-state index contributed by atoms with van der Waals surface area (Å²) < 4.78 is 26.4. The monoisotopic (exact) mass is 418 g/mol. The van der Waals surface area contributed by atoms with Crippen LogP contribution in [0.5, 0.6) is 5.75 Å². The number of phenolic OH excluding ortho intramolecular Hbond substituents is 1. The number of nitrogens with zero attached hydrogens (tertiary/aromatic N) is 4. The topological polar surface area (TPSA) is 141 Å². The number of nitriles is 2. The predicted octanol–water partition coefficient (Wildman–Crippen LogP) is 1.20. The van der Waals surface area contributed by atoms with E-state index in [9.17, 15) is 18.8 Å². The number of phenols is 1. The molecule has 1 aromatic carbocycles. The normalized spacial score (nSPS) is 20.6. The number of β-amino-alcohol motifs (C(OH)–C–C–N with tert-alkyl or cyclic N) is 1. The lowest BCUT2D eigenvalue weighted by molar-refractivity contribution is -0.0534. The molecule has 0 spiro atoms. The zero-order chi connectivity index (χ0) is 21.6. The molecule has 2 aromatic rings. The number of pyridine rings is 1. The fraction of sp³-hybridized carbons (Fsp3) is 0.316. The molecule has 1 aliphatic heterocycles. The number of aromatic hydroxyl groups is 1. The van der Waals surface area contributed by atoms with Crippen molar-refractivity contribution in [1.29, 1.82) is 10.5 Å². The summed E-state index contributed by atoms with van der Waals surface area (Å²) >= 11 is 0. The molecule has 8 nitrogen and oxygen atoms in total. The summed E-state index contributed by atoms with van der Waals surface area (Å²) in [7, 11) is -1.56. The van der Waals surface area contributed by atoms with E-state index >= 15 is 0 Å². The Morgan fingerprint density at radius 2 is 2.07 bits per heavy atom. The number of rotatable bonds is 3. The van der Waals surface area contributed by atoms with Gasteiger partial charge in [0.15, 0.2) is 5.69 Å². The van der Waals surface area contributed by atoms with Crippen LogP contribution in [-0.2, 0) is 11.0 Å². The van der Waals surface area contributed by atoms with Crippen molar-refractivity contribution in [3.8, 4) is 17.9 Å². The molecule has 1 fully saturated rings. The van der Waals surface area contributed by atoms with E-state index in [1.54, 1.807) is 22.5 Å². The lowest BCUT2D eigenvalue weighted by atomic mass is 9.97. The van der Waals surface area contributed by atoms with Crippen molar-refractivity contribution >= 4 is 11.0 Å². The third-order valence-electron chi connectivity index (χ3n) is 4.39. The molecule has 29 heavy (non-hydrogen) atoms. The summed E-state index contributed by atoms with van der Waals surface area (Å²) in [5, 5.41) is 45.6. The van der Waals surface area contributed by atoms with Crippen LogP contribution < -0.4 is 0 Å². The van der Waals surface area contributed by atoms with Crippen molar-refractivity contribution in [3.63, 3.8) is 0 Å². The molecule has 3 N–H and O–H groups in total. The Morgan fingerprint density at radius 1 is 1.34 bits per heavy atom. The van der Waals surface area contributed by atoms with Crippen molar-refractivity contribution in [1.82, 2.24) is 9.29 Å². The molecule has 3 unspecified atom stereocenters. The average molecular weight is 418 g/mol. The standard InChI is InChI=1S/C12H15N3O3S.C7H4FNO/c1-9(16)12(17)4-6-15(8-12)19(18)11-3-2-5-14-10(11)7-13;8-7-3-6(10)2-1-5(7)4-9/h2-3,5,9,16-17H,4,6,8H2,1H3;1-3,10H. The van der Waals surface area contributed by atoms with E-state index in [2.05, 4.69) is 4.98 Å². The van der Waals surface area contributed by atoms with Gasteiger partial charge in [0.25, 0.3) is 0 Å². The van der Waals surface area contributed by atoms with Gasteiger partial charge < -0.3 is 15.3 Å². The third kappa shape index (κ3) is 5.34. The number of benzene rings is 1. The maximum atomic E-state index is 12.5. The molecular weight excluding hydrogens is 399 g/mol. The van der Waals surface area contributed by atoms with Gasteiger partial charge in [0.05, 0.1) is 16.6 Å². The van der Waals surface area contributed by atoms with Gasteiger partial charge in [-0.1, -0.05) is 0 Å². The third-order valence-corrected chi connectivity index (χ3v) is 5.88. The van der Waals surface area contributed by atoms with Crippen molar-refractivity contribution in [2.45, 2.75) is 29.9 Å². The van der Waals surface area contributed by atoms with Gasteiger partial charge in [-0.2, -0.15) is 10.5 Å². The molecule has 0 saturated carbocycles. The Balaban J connectivity index is 0.000000253. The molecule has 3 rings (SSSR count). The molecule has 152 valence electrons. The molecule has 1 saturated heterocycles. The minimum absolute atomic E-state index is 0.0576. The minimum atomic E-state index is -1.56. The summed E-state index contributed by atoms with van der Waals surface area (Å²) in [6.07, 6.45) is 0.923. The van der Waals surface area contributed by atoms with Crippen LogP contribution in [-0.4, -0.2) is 53.6 Å². The summed E-state index contributed by atoms with van der Waals surface area (Å²) in [5.41, 5.74) is -1.18. The smallest absolute Gasteiger partial charge is 0.157 e. The van der Waals surface area contributed by atoms with Gasteiger partial charge in [-0.3, -0.25) is 0 Å². The highest BCUT2D eigenvalue weighted by atomic mass is 32.2. The van der Waals surface area contributed by atoms with Crippen molar-refractivity contribution in [3.05, 3.63) is 53.6 Å². The van der Waals surface area contributed by atoms with E-state index < -0.39 is 28.5 Å². The second-order valence-electron chi connectivity index (χ2n) is 6.38. The second kappa shape index (κ2) is 9.54. The van der Waals surface area contributed by atoms with Crippen LogP contribution >= 0.6 is 0 Å². The highest BCUT2D eigenvalue weighted by Gasteiger charge is 2.42. The van der Waals surface area contributed by atoms with Crippen LogP contribution in [0.2, 0.25) is 0 Å². The highest BCUT2D eigenvalue weighted by molar-refractivity contribution is 7.82. The van der Waals surface area contributed by atoms with E-state index in [1.807, 2.05) is 6.07 Å². The maximum Gasteiger partial charge on any atom is 0.157 e.